The van der Waals surface area contributed by atoms with Crippen LogP contribution >= 0.6 is 0 Å². The summed E-state index contributed by atoms with van der Waals surface area (Å²) >= 11 is 0. The third-order valence-electron chi connectivity index (χ3n) is 6.59. The van der Waals surface area contributed by atoms with Crippen molar-refractivity contribution in [2.75, 3.05) is 0 Å². The van der Waals surface area contributed by atoms with Gasteiger partial charge in [0.15, 0.2) is 0 Å². The fourth-order valence-corrected chi connectivity index (χ4v) is 5.09. The van der Waals surface area contributed by atoms with Crippen LogP contribution in [0.3, 0.4) is 0 Å². The summed E-state index contributed by atoms with van der Waals surface area (Å²) in [6.07, 6.45) is 7.68. The van der Waals surface area contributed by atoms with Gasteiger partial charge in [-0.2, -0.15) is 0 Å². The molecule has 4 rings (SSSR count). The maximum Gasteiger partial charge on any atom is 0.137 e. The predicted octanol–water partition coefficient (Wildman–Crippen LogP) is 4.32. The van der Waals surface area contributed by atoms with Gasteiger partial charge in [-0.05, 0) is 49.0 Å². The number of aliphatic hydroxyl groups is 2. The first-order valence-corrected chi connectivity index (χ1v) is 9.19. The van der Waals surface area contributed by atoms with Crippen molar-refractivity contribution in [1.29, 1.82) is 0 Å². The van der Waals surface area contributed by atoms with Crippen molar-refractivity contribution in [1.82, 2.24) is 0 Å². The van der Waals surface area contributed by atoms with Gasteiger partial charge in [-0.3, -0.25) is 4.79 Å². The molecule has 3 heteroatoms. The van der Waals surface area contributed by atoms with E-state index < -0.39 is 6.10 Å². The number of rotatable bonds is 5. The lowest BCUT2D eigenvalue weighted by atomic mass is 9.46. The van der Waals surface area contributed by atoms with Crippen molar-refractivity contribution in [3.05, 3.63) is 23.0 Å². The fourth-order valence-electron chi connectivity index (χ4n) is 5.09. The molecule has 0 aromatic heterocycles. The molecule has 0 spiro atoms. The van der Waals surface area contributed by atoms with Gasteiger partial charge in [0.1, 0.15) is 11.5 Å². The molecule has 2 unspecified atom stereocenters. The van der Waals surface area contributed by atoms with Crippen molar-refractivity contribution in [2.45, 2.75) is 71.8 Å². The number of ketones is 1. The van der Waals surface area contributed by atoms with E-state index in [0.717, 1.165) is 30.4 Å². The second-order valence-electron chi connectivity index (χ2n) is 8.31. The predicted molar refractivity (Wildman–Crippen MR) is 91.0 cm³/mol. The molecule has 2 bridgehead atoms. The third-order valence-corrected chi connectivity index (χ3v) is 6.59. The number of carbonyl (C=O) groups excluding carboxylic acids is 1. The number of aliphatic hydroxyl groups excluding tert-OH is 2. The van der Waals surface area contributed by atoms with Crippen LogP contribution in [-0.2, 0) is 4.79 Å². The maximum absolute atomic E-state index is 12.4. The number of allylic oxidation sites excluding steroid dienone is 1. The Bertz CT molecular complexity index is 555. The summed E-state index contributed by atoms with van der Waals surface area (Å²) in [7, 11) is 0. The normalized spacial score (nSPS) is 35.8. The van der Waals surface area contributed by atoms with Crippen LogP contribution in [0.15, 0.2) is 23.0 Å². The Labute approximate surface area is 139 Å². The molecule has 4 atom stereocenters. The summed E-state index contributed by atoms with van der Waals surface area (Å²) in [6.45, 7) is 6.50. The highest BCUT2D eigenvalue weighted by Crippen LogP contribution is 2.62. The summed E-state index contributed by atoms with van der Waals surface area (Å²) in [5.41, 5.74) is 1.88. The molecule has 0 amide bonds. The molecule has 128 valence electrons. The monoisotopic (exact) mass is 324 g/mol. The lowest BCUT2D eigenvalue weighted by Gasteiger charge is -2.59. The average molecular weight is 324 g/mol. The molecule has 0 heterocycles. The van der Waals surface area contributed by atoms with Crippen molar-refractivity contribution in [3.63, 3.8) is 0 Å². The smallest absolute Gasteiger partial charge is 0.137 e. The number of hydrogen-bond acceptors (Lipinski definition) is 3. The molecule has 2 N–H and O–H groups in total. The van der Waals surface area contributed by atoms with E-state index in [1.807, 2.05) is 6.08 Å². The Morgan fingerprint density at radius 2 is 2.00 bits per heavy atom. The molecule has 4 aliphatic carbocycles. The van der Waals surface area contributed by atoms with Gasteiger partial charge in [-0.15, -0.1) is 0 Å². The second-order valence-corrected chi connectivity index (χ2v) is 8.31. The SMILES string of the molecule is CCCCC[13C]1=[13CH][13C](O)=[13C](C2CC(=O)[C@@H]3C[C@H]2C3(C)C)[13CH](O)[13CH2]1. The summed E-state index contributed by atoms with van der Waals surface area (Å²) in [6, 6.07) is 0. The van der Waals surface area contributed by atoms with Crippen LogP contribution in [0.4, 0.5) is 0 Å². The zero-order valence-corrected chi connectivity index (χ0v) is 14.6. The van der Waals surface area contributed by atoms with Crippen molar-refractivity contribution in [3.8, 4) is 0 Å². The van der Waals surface area contributed by atoms with Crippen molar-refractivity contribution in [2.24, 2.45) is 23.2 Å². The van der Waals surface area contributed by atoms with Crippen molar-refractivity contribution >= 4 is 5.78 Å². The van der Waals surface area contributed by atoms with Gasteiger partial charge in [0.05, 0.1) is 6.10 Å². The number of fused-ring (bicyclic) bond motifs is 2. The van der Waals surface area contributed by atoms with E-state index in [2.05, 4.69) is 20.8 Å². The molecule has 0 aromatic rings. The van der Waals surface area contributed by atoms with E-state index in [0.29, 0.717) is 24.5 Å². The van der Waals surface area contributed by atoms with Gasteiger partial charge in [0.2, 0.25) is 0 Å². The average Bonchev–Trinajstić information content (AvgIpc) is 2.45. The largest absolute Gasteiger partial charge is 0.508 e. The van der Waals surface area contributed by atoms with Crippen LogP contribution in [0, 0.1) is 23.2 Å². The van der Waals surface area contributed by atoms with Crippen LogP contribution < -0.4 is 0 Å². The zero-order chi connectivity index (χ0) is 16.8. The highest BCUT2D eigenvalue weighted by molar-refractivity contribution is 5.85. The quantitative estimate of drug-likeness (QED) is 0.585. The summed E-state index contributed by atoms with van der Waals surface area (Å²) in [4.78, 5) is 12.4. The molecular weight excluding hydrogens is 294 g/mol. The van der Waals surface area contributed by atoms with E-state index in [1.165, 1.54) is 12.8 Å². The van der Waals surface area contributed by atoms with Crippen LogP contribution in [0.25, 0.3) is 0 Å². The molecule has 0 radical (unpaired) electrons. The van der Waals surface area contributed by atoms with E-state index in [9.17, 15) is 15.0 Å². The van der Waals surface area contributed by atoms with E-state index in [4.69, 9.17) is 0 Å². The van der Waals surface area contributed by atoms with Gasteiger partial charge in [-0.1, -0.05) is 39.2 Å². The first kappa shape index (κ1) is 16.8. The first-order valence-electron chi connectivity index (χ1n) is 9.19. The van der Waals surface area contributed by atoms with Crippen LogP contribution in [0.1, 0.15) is 65.7 Å². The van der Waals surface area contributed by atoms with Gasteiger partial charge >= 0.3 is 0 Å². The molecule has 0 aromatic carbocycles. The maximum atomic E-state index is 12.4. The minimum Gasteiger partial charge on any atom is -0.508 e. The summed E-state index contributed by atoms with van der Waals surface area (Å²) in [5.74, 6) is 1.16. The van der Waals surface area contributed by atoms with Crippen LogP contribution in [-0.4, -0.2) is 22.1 Å². The van der Waals surface area contributed by atoms with E-state index >= 15 is 0 Å². The number of Topliss-reactive ketones (excluding diaryl/α,β-unsaturated/α-hetero) is 1. The standard InChI is InChI=1S/C20H30O3/c1-4-5-6-7-12-8-17(22)19(18(23)9-12)13-10-16(21)15-11-14(13)20(15,2)3/h8,13-15,18,22-23H,4-7,9-11H2,1-3H3/t13?,14-,15+,18?/m1/s1/i8+1,9+1,12+1,17+1,18+1,19+1. The Morgan fingerprint density at radius 3 is 2.57 bits per heavy atom. The summed E-state index contributed by atoms with van der Waals surface area (Å²) in [5, 5.41) is 21.2. The topological polar surface area (TPSA) is 57.5 Å². The lowest BCUT2D eigenvalue weighted by molar-refractivity contribution is -0.156. The Hall–Kier alpha value is -1.09. The highest BCUT2D eigenvalue weighted by Gasteiger charge is 2.59. The van der Waals surface area contributed by atoms with Crippen molar-refractivity contribution < 1.29 is 15.0 Å². The van der Waals surface area contributed by atoms with Gasteiger partial charge in [0.25, 0.3) is 0 Å². The Kier molecular flexibility index (Phi) is 4.43. The molecule has 0 aliphatic heterocycles. The Morgan fingerprint density at radius 1 is 1.26 bits per heavy atom. The second kappa shape index (κ2) is 6.08. The number of unbranched alkanes of at least 4 members (excludes halogenated alkanes) is 2. The zero-order valence-electron chi connectivity index (χ0n) is 14.6. The number of hydrogen-bond donors (Lipinski definition) is 2. The highest BCUT2D eigenvalue weighted by atomic mass is 16.4. The van der Waals surface area contributed by atoms with Crippen LogP contribution in [0.5, 0.6) is 0 Å². The fraction of sp³-hybridized carbons (Fsp3) is 0.750. The third kappa shape index (κ3) is 2.77. The lowest BCUT2D eigenvalue weighted by Crippen LogP contribution is -2.58. The van der Waals surface area contributed by atoms with Gasteiger partial charge in [0, 0.05) is 17.9 Å². The molecule has 3 nitrogen and oxygen atoms in total. The molecule has 23 heavy (non-hydrogen) atoms. The minimum atomic E-state index is -0.623. The van der Waals surface area contributed by atoms with E-state index in [-0.39, 0.29) is 23.0 Å². The molecule has 3 saturated carbocycles. The molecule has 4 aliphatic rings. The number of carbonyl (C=O) groups is 1. The summed E-state index contributed by atoms with van der Waals surface area (Å²) < 4.78 is 0. The van der Waals surface area contributed by atoms with E-state index in [1.54, 1.807) is 0 Å². The molecule has 3 fully saturated rings. The Balaban J connectivity index is 1.81. The van der Waals surface area contributed by atoms with Gasteiger partial charge < -0.3 is 10.2 Å². The minimum absolute atomic E-state index is 0.0120. The molecule has 0 saturated heterocycles. The molecular formula is C20H30O3. The first-order chi connectivity index (χ1) is 10.9. The van der Waals surface area contributed by atoms with Gasteiger partial charge in [-0.25, -0.2) is 0 Å². The van der Waals surface area contributed by atoms with Crippen LogP contribution in [0.2, 0.25) is 0 Å².